The van der Waals surface area contributed by atoms with E-state index < -0.39 is 28.8 Å². The predicted octanol–water partition coefficient (Wildman–Crippen LogP) is 7.50. The van der Waals surface area contributed by atoms with E-state index >= 15 is 0 Å². The van der Waals surface area contributed by atoms with Gasteiger partial charge in [-0.2, -0.15) is 0 Å². The molecule has 0 bridgehead atoms. The number of carbonyl (C=O) groups excluding carboxylic acids is 1. The molecule has 0 aliphatic heterocycles. The van der Waals surface area contributed by atoms with Crippen LogP contribution in [0.2, 0.25) is 43.8 Å². The molecule has 226 valence electrons. The largest absolute Gasteiger partial charge is 0.496 e. The quantitative estimate of drug-likeness (QED) is 0.141. The molecule has 0 aliphatic carbocycles. The van der Waals surface area contributed by atoms with Crippen LogP contribution in [-0.4, -0.2) is 61.4 Å². The minimum absolute atomic E-state index is 0.0402. The molecule has 2 N–H and O–H groups in total. The Hall–Kier alpha value is -2.50. The van der Waals surface area contributed by atoms with E-state index in [0.717, 1.165) is 11.6 Å². The Morgan fingerprint density at radius 1 is 1.02 bits per heavy atom. The molecule has 1 amide bonds. The van der Waals surface area contributed by atoms with Crippen LogP contribution in [0.25, 0.3) is 5.57 Å². The number of aliphatic hydroxyl groups excluding tert-OH is 1. The summed E-state index contributed by atoms with van der Waals surface area (Å²) in [4.78, 5) is 13.3. The topological polar surface area (TPSA) is 86.2 Å². The van der Waals surface area contributed by atoms with E-state index in [1.807, 2.05) is 30.3 Å². The Kier molecular flexibility index (Phi) is 12.4. The summed E-state index contributed by atoms with van der Waals surface area (Å²) in [6.07, 6.45) is 0.172. The molecule has 0 radical (unpaired) electrons. The summed E-state index contributed by atoms with van der Waals surface area (Å²) in [7, 11) is 0.986. The first-order valence-electron chi connectivity index (χ1n) is 13.9. The number of nitrogens with one attached hydrogen (secondary N) is 1. The average molecular weight is 600 g/mol. The number of hydrogen-bond acceptors (Lipinski definition) is 6. The highest BCUT2D eigenvalue weighted by Crippen LogP contribution is 2.40. The van der Waals surface area contributed by atoms with E-state index in [1.54, 1.807) is 39.5 Å². The van der Waals surface area contributed by atoms with Gasteiger partial charge in [0.25, 0.3) is 5.91 Å². The third-order valence-electron chi connectivity index (χ3n) is 7.21. The first-order valence-corrected chi connectivity index (χ1v) is 20.6. The van der Waals surface area contributed by atoms with Gasteiger partial charge in [0.05, 0.1) is 25.0 Å². The number of benzene rings is 2. The summed E-state index contributed by atoms with van der Waals surface area (Å²) in [5.41, 5.74) is 6.71. The molecule has 0 fully saturated rings. The smallest absolute Gasteiger partial charge is 0.255 e. The highest BCUT2D eigenvalue weighted by atomic mass is 28.4. The van der Waals surface area contributed by atoms with Crippen molar-refractivity contribution in [3.05, 3.63) is 71.0 Å². The highest BCUT2D eigenvalue weighted by molar-refractivity contribution is 6.77. The van der Waals surface area contributed by atoms with Gasteiger partial charge in [-0.1, -0.05) is 58.6 Å². The molecular formula is C32H49NO6Si2. The van der Waals surface area contributed by atoms with Gasteiger partial charge in [0.2, 0.25) is 0 Å². The third kappa shape index (κ3) is 10.1. The van der Waals surface area contributed by atoms with E-state index in [0.29, 0.717) is 28.1 Å². The van der Waals surface area contributed by atoms with Crippen molar-refractivity contribution in [3.8, 4) is 5.75 Å². The lowest BCUT2D eigenvalue weighted by Gasteiger charge is -2.36. The zero-order valence-corrected chi connectivity index (χ0v) is 28.7. The number of amides is 1. The van der Waals surface area contributed by atoms with Gasteiger partial charge in [0, 0.05) is 39.0 Å². The highest BCUT2D eigenvalue weighted by Gasteiger charge is 2.37. The summed E-state index contributed by atoms with van der Waals surface area (Å²) in [6, 6.07) is 13.5. The number of methoxy groups -OCH3 is 3. The lowest BCUT2D eigenvalue weighted by atomic mass is 10.00. The first-order chi connectivity index (χ1) is 19.0. The van der Waals surface area contributed by atoms with Crippen LogP contribution in [0.15, 0.2) is 54.3 Å². The third-order valence-corrected chi connectivity index (χ3v) is 13.1. The molecule has 0 saturated carbocycles. The minimum Gasteiger partial charge on any atom is -0.496 e. The molecule has 0 heterocycles. The maximum Gasteiger partial charge on any atom is 0.255 e. The van der Waals surface area contributed by atoms with Crippen LogP contribution in [0.1, 0.15) is 48.5 Å². The van der Waals surface area contributed by atoms with Gasteiger partial charge in [0.15, 0.2) is 14.6 Å². The standard InChI is InChI=1S/C32H49NO6Si2/c1-32(2,3)41(10,11)39-21-26(34)18-17-24(22-40(7,8)9)29-27(33-30(35)23-15-13-12-14-16-23)19-25(20-28(29)36-4)31(37-5)38-6/h12-16,18-20,26,31,34H,21-22H2,1-11H3,(H,33,35)/t17?,26-/m0/s1. The van der Waals surface area contributed by atoms with E-state index in [4.69, 9.17) is 18.6 Å². The molecule has 2 aromatic carbocycles. The van der Waals surface area contributed by atoms with Crippen LogP contribution in [0.5, 0.6) is 5.75 Å². The maximum absolute atomic E-state index is 13.3. The molecule has 0 saturated heterocycles. The van der Waals surface area contributed by atoms with Gasteiger partial charge in [-0.05, 0) is 54.5 Å². The number of rotatable bonds is 13. The molecule has 0 spiro atoms. The van der Waals surface area contributed by atoms with Gasteiger partial charge in [-0.25, -0.2) is 0 Å². The monoisotopic (exact) mass is 599 g/mol. The molecule has 0 aliphatic rings. The number of carbonyl (C=O) groups is 1. The number of aliphatic hydroxyl groups is 1. The molecular weight excluding hydrogens is 551 g/mol. The summed E-state index contributed by atoms with van der Waals surface area (Å²) in [5, 5.41) is 14.0. The summed E-state index contributed by atoms with van der Waals surface area (Å²) < 4.78 is 23.1. The number of anilines is 1. The van der Waals surface area contributed by atoms with Crippen LogP contribution >= 0.6 is 0 Å². The second kappa shape index (κ2) is 14.6. The fourth-order valence-corrected chi connectivity index (χ4v) is 6.35. The van der Waals surface area contributed by atoms with Crippen molar-refractivity contribution in [2.75, 3.05) is 33.3 Å². The van der Waals surface area contributed by atoms with Crippen molar-refractivity contribution in [2.24, 2.45) is 0 Å². The summed E-state index contributed by atoms with van der Waals surface area (Å²) >= 11 is 0. The lowest BCUT2D eigenvalue weighted by Crippen LogP contribution is -2.42. The van der Waals surface area contributed by atoms with Crippen molar-refractivity contribution >= 4 is 33.6 Å². The Bertz CT molecular complexity index is 1220. The van der Waals surface area contributed by atoms with Crippen LogP contribution < -0.4 is 10.1 Å². The number of ether oxygens (including phenoxy) is 3. The van der Waals surface area contributed by atoms with Crippen molar-refractivity contribution < 1.29 is 28.5 Å². The SMILES string of the molecule is COc1cc(C(OC)OC)cc(NC(=O)c2ccccc2)c1C(=C=C[C@H](O)CO[Si](C)(C)C(C)(C)C)C[Si](C)(C)C. The number of hydrogen-bond donors (Lipinski definition) is 2. The van der Waals surface area contributed by atoms with E-state index in [-0.39, 0.29) is 17.6 Å². The van der Waals surface area contributed by atoms with Crippen molar-refractivity contribution in [1.29, 1.82) is 0 Å². The van der Waals surface area contributed by atoms with Gasteiger partial charge < -0.3 is 29.1 Å². The molecule has 1 atom stereocenters. The van der Waals surface area contributed by atoms with Crippen LogP contribution in [0.3, 0.4) is 0 Å². The second-order valence-corrected chi connectivity index (χ2v) is 23.2. The Balaban J connectivity index is 2.69. The Morgan fingerprint density at radius 2 is 1.63 bits per heavy atom. The normalized spacial score (nSPS) is 13.0. The van der Waals surface area contributed by atoms with E-state index in [1.165, 1.54) is 0 Å². The zero-order valence-electron chi connectivity index (χ0n) is 26.7. The molecule has 9 heteroatoms. The van der Waals surface area contributed by atoms with Crippen molar-refractivity contribution in [3.63, 3.8) is 0 Å². The molecule has 2 rings (SSSR count). The molecule has 2 aromatic rings. The fraction of sp³-hybridized carbons (Fsp3) is 0.500. The Labute approximate surface area is 248 Å². The summed E-state index contributed by atoms with van der Waals surface area (Å²) in [6.45, 7) is 17.8. The van der Waals surface area contributed by atoms with Crippen molar-refractivity contribution in [2.45, 2.75) is 77.0 Å². The molecule has 41 heavy (non-hydrogen) atoms. The first kappa shape index (κ1) is 34.7. The van der Waals surface area contributed by atoms with Gasteiger partial charge in [0.1, 0.15) is 11.9 Å². The van der Waals surface area contributed by atoms with Crippen LogP contribution in [0.4, 0.5) is 5.69 Å². The van der Waals surface area contributed by atoms with Gasteiger partial charge in [-0.3, -0.25) is 4.79 Å². The maximum atomic E-state index is 13.3. The minimum atomic E-state index is -2.02. The molecule has 7 nitrogen and oxygen atoms in total. The van der Waals surface area contributed by atoms with Crippen molar-refractivity contribution in [1.82, 2.24) is 0 Å². The van der Waals surface area contributed by atoms with Gasteiger partial charge >= 0.3 is 0 Å². The van der Waals surface area contributed by atoms with E-state index in [2.05, 4.69) is 64.6 Å². The molecule has 0 aromatic heterocycles. The van der Waals surface area contributed by atoms with Crippen LogP contribution in [-0.2, 0) is 13.9 Å². The average Bonchev–Trinajstić information content (AvgIpc) is 2.89. The Morgan fingerprint density at radius 3 is 2.15 bits per heavy atom. The van der Waals surface area contributed by atoms with Gasteiger partial charge in [-0.15, -0.1) is 5.73 Å². The zero-order chi connectivity index (χ0) is 31.0. The van der Waals surface area contributed by atoms with E-state index in [9.17, 15) is 9.90 Å². The fourth-order valence-electron chi connectivity index (χ4n) is 3.99. The predicted molar refractivity (Wildman–Crippen MR) is 173 cm³/mol. The second-order valence-electron chi connectivity index (χ2n) is 12.9. The van der Waals surface area contributed by atoms with Crippen LogP contribution in [0, 0.1) is 0 Å². The molecule has 0 unspecified atom stereocenters. The lowest BCUT2D eigenvalue weighted by molar-refractivity contribution is -0.106. The summed E-state index contributed by atoms with van der Waals surface area (Å²) in [5.74, 6) is 0.294.